The Morgan fingerprint density at radius 2 is 1.97 bits per heavy atom. The van der Waals surface area contributed by atoms with Crippen LogP contribution >= 0.6 is 11.6 Å². The van der Waals surface area contributed by atoms with Gasteiger partial charge in [-0.25, -0.2) is 19.7 Å². The van der Waals surface area contributed by atoms with E-state index in [1.54, 1.807) is 39.1 Å². The van der Waals surface area contributed by atoms with Gasteiger partial charge in [0, 0.05) is 36.9 Å². The summed E-state index contributed by atoms with van der Waals surface area (Å²) >= 11 is 6.04. The topological polar surface area (TPSA) is 77.3 Å². The van der Waals surface area contributed by atoms with Gasteiger partial charge in [0.05, 0.1) is 17.0 Å². The van der Waals surface area contributed by atoms with Crippen LogP contribution in [-0.4, -0.2) is 43.6 Å². The van der Waals surface area contributed by atoms with Crippen molar-refractivity contribution in [2.45, 2.75) is 32.8 Å². The smallest absolute Gasteiger partial charge is 0.417 e. The Kier molecular flexibility index (Phi) is 6.08. The second kappa shape index (κ2) is 8.83. The van der Waals surface area contributed by atoms with E-state index in [0.717, 1.165) is 21.9 Å². The van der Waals surface area contributed by atoms with Crippen molar-refractivity contribution < 1.29 is 14.3 Å². The molecule has 4 rings (SSSR count). The molecular formula is C25H25ClN4O3. The van der Waals surface area contributed by atoms with Crippen molar-refractivity contribution in [1.82, 2.24) is 19.4 Å². The van der Waals surface area contributed by atoms with Gasteiger partial charge in [0.1, 0.15) is 5.60 Å². The van der Waals surface area contributed by atoms with E-state index in [1.807, 2.05) is 48.0 Å². The van der Waals surface area contributed by atoms with Crippen LogP contribution in [0.4, 0.5) is 4.79 Å². The summed E-state index contributed by atoms with van der Waals surface area (Å²) in [6.45, 7) is 5.60. The van der Waals surface area contributed by atoms with Crippen LogP contribution in [0.3, 0.4) is 0 Å². The average Bonchev–Trinajstić information content (AvgIpc) is 3.09. The van der Waals surface area contributed by atoms with Crippen molar-refractivity contribution in [2.24, 2.45) is 7.05 Å². The van der Waals surface area contributed by atoms with E-state index in [2.05, 4.69) is 9.97 Å². The van der Waals surface area contributed by atoms with Gasteiger partial charge in [-0.1, -0.05) is 29.8 Å². The summed E-state index contributed by atoms with van der Waals surface area (Å²) in [6, 6.07) is 11.1. The van der Waals surface area contributed by atoms with Gasteiger partial charge in [-0.15, -0.1) is 0 Å². The lowest BCUT2D eigenvalue weighted by Crippen LogP contribution is -2.44. The Morgan fingerprint density at radius 1 is 1.18 bits per heavy atom. The highest BCUT2D eigenvalue weighted by Crippen LogP contribution is 2.29. The Balaban J connectivity index is 1.61. The zero-order valence-electron chi connectivity index (χ0n) is 19.0. The number of aromatic nitrogens is 3. The molecule has 3 heterocycles. The van der Waals surface area contributed by atoms with Crippen molar-refractivity contribution in [1.29, 1.82) is 0 Å². The van der Waals surface area contributed by atoms with E-state index < -0.39 is 11.7 Å². The first kappa shape index (κ1) is 22.7. The third-order valence-electron chi connectivity index (χ3n) is 5.23. The number of nitrogens with zero attached hydrogens (tertiary/aromatic N) is 4. The fraction of sp³-hybridized carbons (Fsp3) is 0.280. The molecule has 0 saturated carbocycles. The molecular weight excluding hydrogens is 440 g/mol. The summed E-state index contributed by atoms with van der Waals surface area (Å²) in [5.74, 6) is 0.177. The number of benzene rings is 1. The number of hydrogen-bond donors (Lipinski definition) is 0. The number of fused-ring (bicyclic) bond motifs is 1. The minimum Gasteiger partial charge on any atom is -0.443 e. The molecule has 0 fully saturated rings. The van der Waals surface area contributed by atoms with Crippen molar-refractivity contribution >= 4 is 35.8 Å². The normalized spacial score (nSPS) is 14.0. The van der Waals surface area contributed by atoms with E-state index in [4.69, 9.17) is 16.3 Å². The molecule has 1 aromatic carbocycles. The molecule has 2 amide bonds. The molecule has 1 aliphatic heterocycles. The number of carbonyl (C=O) groups is 2. The van der Waals surface area contributed by atoms with Crippen LogP contribution in [-0.2, 0) is 18.2 Å². The second-order valence-electron chi connectivity index (χ2n) is 8.82. The monoisotopic (exact) mass is 464 g/mol. The largest absolute Gasteiger partial charge is 0.443 e. The van der Waals surface area contributed by atoms with Crippen LogP contribution in [0.5, 0.6) is 0 Å². The first-order valence-corrected chi connectivity index (χ1v) is 11.0. The Hall–Kier alpha value is -3.45. The van der Waals surface area contributed by atoms with Crippen LogP contribution in [0.15, 0.2) is 42.6 Å². The second-order valence-corrected chi connectivity index (χ2v) is 9.26. The van der Waals surface area contributed by atoms with Gasteiger partial charge in [0.2, 0.25) is 0 Å². The molecule has 1 aliphatic rings. The molecule has 0 N–H and O–H groups in total. The summed E-state index contributed by atoms with van der Waals surface area (Å²) in [6.07, 6.45) is 5.31. The number of carbonyl (C=O) groups excluding carboxylic acids is 2. The summed E-state index contributed by atoms with van der Waals surface area (Å²) in [7, 11) is 1.90. The van der Waals surface area contributed by atoms with Gasteiger partial charge < -0.3 is 9.30 Å². The predicted octanol–water partition coefficient (Wildman–Crippen LogP) is 5.24. The zero-order valence-corrected chi connectivity index (χ0v) is 19.8. The molecule has 0 spiro atoms. The lowest BCUT2D eigenvalue weighted by molar-refractivity contribution is 0.0232. The first-order valence-electron chi connectivity index (χ1n) is 10.6. The highest BCUT2D eigenvalue weighted by molar-refractivity contribution is 6.30. The van der Waals surface area contributed by atoms with Gasteiger partial charge >= 0.3 is 6.09 Å². The Bertz CT molecular complexity index is 1260. The Morgan fingerprint density at radius 3 is 2.70 bits per heavy atom. The first-order chi connectivity index (χ1) is 15.6. The minimum absolute atomic E-state index is 0.273. The number of amides is 2. The highest BCUT2D eigenvalue weighted by atomic mass is 35.5. The van der Waals surface area contributed by atoms with Gasteiger partial charge in [0.15, 0.2) is 5.82 Å². The predicted molar refractivity (Wildman–Crippen MR) is 128 cm³/mol. The highest BCUT2D eigenvalue weighted by Gasteiger charge is 2.34. The van der Waals surface area contributed by atoms with Crippen molar-refractivity contribution in [3.63, 3.8) is 0 Å². The average molecular weight is 465 g/mol. The summed E-state index contributed by atoms with van der Waals surface area (Å²) in [4.78, 5) is 35.7. The van der Waals surface area contributed by atoms with Gasteiger partial charge in [-0.05, 0) is 56.7 Å². The van der Waals surface area contributed by atoms with E-state index in [9.17, 15) is 9.59 Å². The summed E-state index contributed by atoms with van der Waals surface area (Å²) < 4.78 is 7.34. The molecule has 7 nitrogen and oxygen atoms in total. The molecule has 8 heteroatoms. The van der Waals surface area contributed by atoms with E-state index >= 15 is 0 Å². The van der Waals surface area contributed by atoms with E-state index in [-0.39, 0.29) is 12.5 Å². The lowest BCUT2D eigenvalue weighted by atomic mass is 10.1. The van der Waals surface area contributed by atoms with Crippen molar-refractivity contribution in [3.05, 3.63) is 70.3 Å². The number of ether oxygens (including phenoxy) is 1. The molecule has 170 valence electrons. The quantitative estimate of drug-likeness (QED) is 0.529. The molecule has 2 aromatic heterocycles. The fourth-order valence-corrected chi connectivity index (χ4v) is 3.91. The van der Waals surface area contributed by atoms with Gasteiger partial charge in [0.25, 0.3) is 5.91 Å². The molecule has 3 aromatic rings. The molecule has 0 unspecified atom stereocenters. The van der Waals surface area contributed by atoms with Crippen LogP contribution in [0.2, 0.25) is 5.02 Å². The Labute approximate surface area is 197 Å². The van der Waals surface area contributed by atoms with Crippen LogP contribution in [0, 0.1) is 0 Å². The SMILES string of the molecule is Cn1c(-c2ccnc(C=Cc3cccc(Cl)c3)n2)cc2c1CCN(C(=O)OC(C)(C)C)C2=O. The van der Waals surface area contributed by atoms with Gasteiger partial charge in [-0.2, -0.15) is 0 Å². The van der Waals surface area contributed by atoms with E-state index in [0.29, 0.717) is 28.5 Å². The molecule has 0 radical (unpaired) electrons. The fourth-order valence-electron chi connectivity index (χ4n) is 3.71. The maximum absolute atomic E-state index is 13.1. The zero-order chi connectivity index (χ0) is 23.8. The lowest BCUT2D eigenvalue weighted by Gasteiger charge is -2.28. The van der Waals surface area contributed by atoms with Gasteiger partial charge in [-0.3, -0.25) is 4.79 Å². The standard InChI is InChI=1S/C25H25ClN4O3/c1-25(2,3)33-24(32)30-13-11-20-18(23(30)31)15-21(29(20)4)19-10-12-27-22(28-19)9-8-16-6-5-7-17(26)14-16/h5-10,12,14-15H,11,13H2,1-4H3. The number of imide groups is 1. The molecule has 0 atom stereocenters. The van der Waals surface area contributed by atoms with Crippen molar-refractivity contribution in [3.8, 4) is 11.4 Å². The van der Waals surface area contributed by atoms with Crippen molar-refractivity contribution in [2.75, 3.05) is 6.54 Å². The molecule has 0 aliphatic carbocycles. The minimum atomic E-state index is -0.671. The summed E-state index contributed by atoms with van der Waals surface area (Å²) in [5.41, 5.74) is 3.08. The number of halogens is 1. The summed E-state index contributed by atoms with van der Waals surface area (Å²) in [5, 5.41) is 0.659. The van der Waals surface area contributed by atoms with Crippen LogP contribution in [0.25, 0.3) is 23.5 Å². The number of hydrogen-bond acceptors (Lipinski definition) is 5. The molecule has 0 bridgehead atoms. The number of rotatable bonds is 3. The maximum Gasteiger partial charge on any atom is 0.417 e. The molecule has 33 heavy (non-hydrogen) atoms. The third-order valence-corrected chi connectivity index (χ3v) is 5.47. The van der Waals surface area contributed by atoms with Crippen LogP contribution in [0.1, 0.15) is 48.2 Å². The third kappa shape index (κ3) is 4.98. The van der Waals surface area contributed by atoms with Crippen LogP contribution < -0.4 is 0 Å². The molecule has 0 saturated heterocycles. The maximum atomic E-state index is 13.1. The van der Waals surface area contributed by atoms with E-state index in [1.165, 1.54) is 0 Å².